The first-order chi connectivity index (χ1) is 17.1. The van der Waals surface area contributed by atoms with Crippen LogP contribution >= 0.6 is 0 Å². The standard InChI is InChI=1S/C17H16FN3O.C11H22N2O2/c1-10(2)14-7-16(12-4-5-15(18)11(3)6-12)20-21-8-13(9-22)19-17(14)21;1-10(2,15)8-13-7-6-12(5)11(3,4)9(13)14/h4-10H,1-3H3;15H,6-8H2,1-5H3. The van der Waals surface area contributed by atoms with Gasteiger partial charge in [0.2, 0.25) is 5.91 Å². The summed E-state index contributed by atoms with van der Waals surface area (Å²) in [5, 5.41) is 14.2. The summed E-state index contributed by atoms with van der Waals surface area (Å²) < 4.78 is 15.1. The van der Waals surface area contributed by atoms with Crippen molar-refractivity contribution >= 4 is 17.8 Å². The summed E-state index contributed by atoms with van der Waals surface area (Å²) >= 11 is 0. The molecule has 1 aliphatic rings. The summed E-state index contributed by atoms with van der Waals surface area (Å²) in [6.07, 6.45) is 2.31. The lowest BCUT2D eigenvalue weighted by atomic mass is 9.97. The SMILES string of the molecule is CN1CCN(CC(C)(C)O)C(=O)C1(C)C.Cc1cc(-c2cc(C(C)C)c3nc(C=O)cn3n2)ccc1F. The number of hydrogen-bond acceptors (Lipinski definition) is 6. The van der Waals surface area contributed by atoms with Gasteiger partial charge in [-0.2, -0.15) is 5.10 Å². The second kappa shape index (κ2) is 10.7. The van der Waals surface area contributed by atoms with Crippen LogP contribution in [0.5, 0.6) is 0 Å². The van der Waals surface area contributed by atoms with E-state index in [4.69, 9.17) is 0 Å². The lowest BCUT2D eigenvalue weighted by Gasteiger charge is -2.45. The van der Waals surface area contributed by atoms with E-state index >= 15 is 0 Å². The van der Waals surface area contributed by atoms with E-state index < -0.39 is 11.1 Å². The molecule has 0 saturated carbocycles. The third-order valence-corrected chi connectivity index (χ3v) is 6.72. The Morgan fingerprint density at radius 3 is 2.46 bits per heavy atom. The van der Waals surface area contributed by atoms with Crippen molar-refractivity contribution in [1.29, 1.82) is 0 Å². The van der Waals surface area contributed by atoms with Crippen LogP contribution in [0.3, 0.4) is 0 Å². The van der Waals surface area contributed by atoms with Crippen LogP contribution in [0.2, 0.25) is 0 Å². The summed E-state index contributed by atoms with van der Waals surface area (Å²) in [5.41, 5.74) is 2.90. The molecular weight excluding hydrogens is 473 g/mol. The number of halogens is 1. The molecule has 0 radical (unpaired) electrons. The van der Waals surface area contributed by atoms with Crippen molar-refractivity contribution in [3.63, 3.8) is 0 Å². The van der Waals surface area contributed by atoms with Crippen LogP contribution in [0, 0.1) is 12.7 Å². The Hall–Kier alpha value is -3.17. The van der Waals surface area contributed by atoms with Gasteiger partial charge in [-0.3, -0.25) is 14.5 Å². The summed E-state index contributed by atoms with van der Waals surface area (Å²) in [4.78, 5) is 31.2. The predicted molar refractivity (Wildman–Crippen MR) is 142 cm³/mol. The number of carbonyl (C=O) groups is 2. The molecule has 0 spiro atoms. The van der Waals surface area contributed by atoms with Crippen molar-refractivity contribution in [1.82, 2.24) is 24.4 Å². The van der Waals surface area contributed by atoms with Gasteiger partial charge in [-0.15, -0.1) is 0 Å². The third-order valence-electron chi connectivity index (χ3n) is 6.72. The van der Waals surface area contributed by atoms with Crippen molar-refractivity contribution in [3.8, 4) is 11.3 Å². The lowest BCUT2D eigenvalue weighted by molar-refractivity contribution is -0.150. The molecule has 3 aromatic rings. The third kappa shape index (κ3) is 6.40. The van der Waals surface area contributed by atoms with E-state index in [1.54, 1.807) is 48.5 Å². The Morgan fingerprint density at radius 2 is 1.89 bits per heavy atom. The summed E-state index contributed by atoms with van der Waals surface area (Å²) in [6, 6.07) is 6.87. The molecule has 1 N–H and O–H groups in total. The second-order valence-electron chi connectivity index (χ2n) is 11.2. The minimum Gasteiger partial charge on any atom is -0.389 e. The van der Waals surface area contributed by atoms with Crippen molar-refractivity contribution in [2.45, 2.75) is 65.5 Å². The van der Waals surface area contributed by atoms with Gasteiger partial charge in [0.15, 0.2) is 11.9 Å². The highest BCUT2D eigenvalue weighted by atomic mass is 19.1. The van der Waals surface area contributed by atoms with E-state index in [0.29, 0.717) is 36.3 Å². The van der Waals surface area contributed by atoms with E-state index in [2.05, 4.69) is 28.8 Å². The highest BCUT2D eigenvalue weighted by Crippen LogP contribution is 2.27. The zero-order valence-electron chi connectivity index (χ0n) is 23.0. The number of imidazole rings is 1. The molecule has 0 atom stereocenters. The predicted octanol–water partition coefficient (Wildman–Crippen LogP) is 4.09. The zero-order valence-corrected chi connectivity index (χ0v) is 23.0. The number of fused-ring (bicyclic) bond motifs is 1. The van der Waals surface area contributed by atoms with Crippen LogP contribution in [0.25, 0.3) is 16.9 Å². The van der Waals surface area contributed by atoms with Gasteiger partial charge >= 0.3 is 0 Å². The number of piperazine rings is 1. The zero-order chi connectivity index (χ0) is 27.7. The molecular formula is C28H38FN5O3. The van der Waals surface area contributed by atoms with Crippen LogP contribution in [0.4, 0.5) is 4.39 Å². The average Bonchev–Trinajstić information content (AvgIpc) is 3.24. The molecule has 1 amide bonds. The number of rotatable bonds is 5. The maximum absolute atomic E-state index is 13.4. The van der Waals surface area contributed by atoms with Crippen molar-refractivity contribution in [2.75, 3.05) is 26.7 Å². The normalized spacial score (nSPS) is 16.2. The smallest absolute Gasteiger partial charge is 0.242 e. The Balaban J connectivity index is 0.000000222. The first-order valence-corrected chi connectivity index (χ1v) is 12.5. The Labute approximate surface area is 218 Å². The van der Waals surface area contributed by atoms with E-state index in [1.165, 1.54) is 6.07 Å². The monoisotopic (exact) mass is 511 g/mol. The average molecular weight is 512 g/mol. The molecule has 0 aliphatic carbocycles. The number of hydrogen-bond donors (Lipinski definition) is 1. The molecule has 2 aromatic heterocycles. The van der Waals surface area contributed by atoms with Gasteiger partial charge in [0.1, 0.15) is 11.5 Å². The molecule has 4 rings (SSSR count). The summed E-state index contributed by atoms with van der Waals surface area (Å²) in [6.45, 7) is 15.1. The van der Waals surface area contributed by atoms with Crippen LogP contribution in [-0.4, -0.2) is 79.5 Å². The molecule has 1 saturated heterocycles. The Kier molecular flexibility index (Phi) is 8.19. The van der Waals surface area contributed by atoms with Gasteiger partial charge in [0.05, 0.1) is 23.0 Å². The fourth-order valence-electron chi connectivity index (χ4n) is 4.27. The van der Waals surface area contributed by atoms with Gasteiger partial charge in [0, 0.05) is 30.8 Å². The van der Waals surface area contributed by atoms with Crippen molar-refractivity contribution < 1.29 is 19.1 Å². The fourth-order valence-corrected chi connectivity index (χ4v) is 4.27. The minimum atomic E-state index is -0.818. The quantitative estimate of drug-likeness (QED) is 0.519. The number of aldehydes is 1. The second-order valence-corrected chi connectivity index (χ2v) is 11.2. The maximum Gasteiger partial charge on any atom is 0.242 e. The van der Waals surface area contributed by atoms with Crippen LogP contribution in [0.15, 0.2) is 30.5 Å². The van der Waals surface area contributed by atoms with Gasteiger partial charge in [0.25, 0.3) is 0 Å². The molecule has 1 aromatic carbocycles. The van der Waals surface area contributed by atoms with Crippen molar-refractivity contribution in [2.24, 2.45) is 0 Å². The first-order valence-electron chi connectivity index (χ1n) is 12.5. The van der Waals surface area contributed by atoms with Crippen LogP contribution in [-0.2, 0) is 4.79 Å². The molecule has 0 bridgehead atoms. The van der Waals surface area contributed by atoms with Gasteiger partial charge in [-0.1, -0.05) is 13.8 Å². The van der Waals surface area contributed by atoms with Crippen LogP contribution in [0.1, 0.15) is 69.1 Å². The molecule has 200 valence electrons. The van der Waals surface area contributed by atoms with Gasteiger partial charge in [-0.25, -0.2) is 13.9 Å². The number of likely N-dealkylation sites (N-methyl/N-ethyl adjacent to an activating group) is 1. The van der Waals surface area contributed by atoms with Gasteiger partial charge < -0.3 is 10.0 Å². The highest BCUT2D eigenvalue weighted by Gasteiger charge is 2.40. The maximum atomic E-state index is 13.4. The molecule has 8 nitrogen and oxygen atoms in total. The van der Waals surface area contributed by atoms with E-state index in [-0.39, 0.29) is 17.6 Å². The number of amides is 1. The molecule has 3 heterocycles. The largest absolute Gasteiger partial charge is 0.389 e. The molecule has 37 heavy (non-hydrogen) atoms. The number of benzene rings is 1. The summed E-state index contributed by atoms with van der Waals surface area (Å²) in [5.74, 6) is 0.0888. The van der Waals surface area contributed by atoms with E-state index in [9.17, 15) is 19.1 Å². The molecule has 9 heteroatoms. The van der Waals surface area contributed by atoms with Gasteiger partial charge in [-0.05, 0) is 77.4 Å². The molecule has 1 fully saturated rings. The fraction of sp³-hybridized carbons (Fsp3) is 0.500. The number of aliphatic hydroxyl groups is 1. The topological polar surface area (TPSA) is 91.0 Å². The summed E-state index contributed by atoms with van der Waals surface area (Å²) in [7, 11) is 1.96. The Morgan fingerprint density at radius 1 is 1.22 bits per heavy atom. The van der Waals surface area contributed by atoms with E-state index in [1.807, 2.05) is 27.0 Å². The molecule has 1 aliphatic heterocycles. The highest BCUT2D eigenvalue weighted by molar-refractivity contribution is 5.86. The van der Waals surface area contributed by atoms with Crippen LogP contribution < -0.4 is 0 Å². The lowest BCUT2D eigenvalue weighted by Crippen LogP contribution is -2.63. The number of nitrogens with zero attached hydrogens (tertiary/aromatic N) is 5. The Bertz CT molecular complexity index is 1290. The minimum absolute atomic E-state index is 0.0957. The van der Waals surface area contributed by atoms with Crippen molar-refractivity contribution in [3.05, 3.63) is 53.1 Å². The number of β-amino-alcohol motifs (C(OH)–C–C–N with tert-alkyl or cyclic N) is 1. The number of aryl methyl sites for hydroxylation is 1. The number of aromatic nitrogens is 3. The molecule has 0 unspecified atom stereocenters. The van der Waals surface area contributed by atoms with E-state index in [0.717, 1.165) is 23.4 Å². The first kappa shape index (κ1) is 28.4. The number of carbonyl (C=O) groups excluding carboxylic acids is 2.